The first-order valence-corrected chi connectivity index (χ1v) is 11.0. The van der Waals surface area contributed by atoms with Gasteiger partial charge in [0.2, 0.25) is 5.91 Å². The maximum atomic E-state index is 13.7. The van der Waals surface area contributed by atoms with Crippen molar-refractivity contribution in [2.75, 3.05) is 5.32 Å². The first-order chi connectivity index (χ1) is 15.6. The van der Waals surface area contributed by atoms with E-state index in [-0.39, 0.29) is 23.7 Å². The molecule has 1 amide bonds. The van der Waals surface area contributed by atoms with Crippen LogP contribution in [0.4, 0.5) is 10.2 Å². The van der Waals surface area contributed by atoms with E-state index in [1.54, 1.807) is 22.8 Å². The summed E-state index contributed by atoms with van der Waals surface area (Å²) in [5, 5.41) is 8.08. The second-order valence-electron chi connectivity index (χ2n) is 8.96. The van der Waals surface area contributed by atoms with Crippen molar-refractivity contribution in [1.29, 1.82) is 0 Å². The summed E-state index contributed by atoms with van der Waals surface area (Å²) >= 11 is 0. The number of rotatable bonds is 5. The molecule has 2 aliphatic carbocycles. The average Bonchev–Trinajstić information content (AvgIpc) is 3.10. The molecule has 6 rings (SSSR count). The minimum absolute atomic E-state index is 0.0147. The third-order valence-electron chi connectivity index (χ3n) is 7.04. The first-order valence-electron chi connectivity index (χ1n) is 11.0. The van der Waals surface area contributed by atoms with Crippen molar-refractivity contribution in [3.8, 4) is 5.75 Å². The molecule has 1 aromatic carbocycles. The highest BCUT2D eigenvalue weighted by Crippen LogP contribution is 2.61. The number of amides is 1. The van der Waals surface area contributed by atoms with Gasteiger partial charge in [-0.3, -0.25) is 9.78 Å². The van der Waals surface area contributed by atoms with Crippen molar-refractivity contribution in [2.24, 2.45) is 23.7 Å². The summed E-state index contributed by atoms with van der Waals surface area (Å²) in [4.78, 5) is 17.1. The van der Waals surface area contributed by atoms with Gasteiger partial charge in [0, 0.05) is 29.8 Å². The molecule has 1 N–H and O–H groups in total. The number of hydrogen-bond acceptors (Lipinski definition) is 4. The predicted octanol–water partition coefficient (Wildman–Crippen LogP) is 4.70. The SMILES string of the molecule is CC(C(=O)Nc1cc2ccccn2n1)C1[C@H]2CC(Oc3ccnc4ccc(F)cc34)C[C@@H]12. The van der Waals surface area contributed by atoms with Crippen molar-refractivity contribution in [1.82, 2.24) is 14.6 Å². The molecule has 3 heterocycles. The van der Waals surface area contributed by atoms with E-state index in [4.69, 9.17) is 4.74 Å². The highest BCUT2D eigenvalue weighted by Gasteiger charge is 2.59. The van der Waals surface area contributed by atoms with Crippen LogP contribution in [0.1, 0.15) is 19.8 Å². The van der Waals surface area contributed by atoms with E-state index in [0.717, 1.165) is 23.9 Å². The van der Waals surface area contributed by atoms with E-state index in [1.165, 1.54) is 12.1 Å². The van der Waals surface area contributed by atoms with Crippen LogP contribution in [0.5, 0.6) is 5.75 Å². The molecular weight excluding hydrogens is 407 g/mol. The van der Waals surface area contributed by atoms with E-state index in [1.807, 2.05) is 37.4 Å². The van der Waals surface area contributed by atoms with Crippen LogP contribution in [0.15, 0.2) is 60.9 Å². The normalized spacial score (nSPS) is 24.9. The Bertz CT molecular complexity index is 1290. The summed E-state index contributed by atoms with van der Waals surface area (Å²) in [6.45, 7) is 2.00. The molecule has 0 saturated heterocycles. The quantitative estimate of drug-likeness (QED) is 0.498. The maximum absolute atomic E-state index is 13.7. The van der Waals surface area contributed by atoms with Crippen molar-refractivity contribution in [3.63, 3.8) is 0 Å². The topological polar surface area (TPSA) is 68.5 Å². The van der Waals surface area contributed by atoms with Gasteiger partial charge < -0.3 is 10.1 Å². The van der Waals surface area contributed by atoms with E-state index in [2.05, 4.69) is 15.4 Å². The summed E-state index contributed by atoms with van der Waals surface area (Å²) in [5.74, 6) is 2.26. The number of hydrogen-bond donors (Lipinski definition) is 1. The van der Waals surface area contributed by atoms with Gasteiger partial charge in [0.1, 0.15) is 11.6 Å². The number of ether oxygens (including phenoxy) is 1. The molecule has 162 valence electrons. The van der Waals surface area contributed by atoms with Crippen molar-refractivity contribution in [2.45, 2.75) is 25.9 Å². The number of pyridine rings is 2. The summed E-state index contributed by atoms with van der Waals surface area (Å²) in [6.07, 6.45) is 5.48. The molecule has 0 aliphatic heterocycles. The minimum atomic E-state index is -0.296. The molecular formula is C25H23FN4O2. The molecule has 6 nitrogen and oxygen atoms in total. The number of carbonyl (C=O) groups excluding carboxylic acids is 1. The Balaban J connectivity index is 1.08. The Hall–Kier alpha value is -3.48. The van der Waals surface area contributed by atoms with E-state index >= 15 is 0 Å². The number of fused-ring (bicyclic) bond motifs is 3. The second kappa shape index (κ2) is 7.29. The number of nitrogens with one attached hydrogen (secondary N) is 1. The number of nitrogens with zero attached hydrogens (tertiary/aromatic N) is 3. The molecule has 32 heavy (non-hydrogen) atoms. The maximum Gasteiger partial charge on any atom is 0.228 e. The molecule has 2 saturated carbocycles. The lowest BCUT2D eigenvalue weighted by atomic mass is 9.97. The van der Waals surface area contributed by atoms with Gasteiger partial charge in [-0.2, -0.15) is 5.10 Å². The molecule has 0 bridgehead atoms. The van der Waals surface area contributed by atoms with Crippen LogP contribution in [-0.2, 0) is 4.79 Å². The number of halogens is 1. The van der Waals surface area contributed by atoms with Gasteiger partial charge in [0.25, 0.3) is 0 Å². The van der Waals surface area contributed by atoms with Gasteiger partial charge in [-0.1, -0.05) is 13.0 Å². The minimum Gasteiger partial charge on any atom is -0.490 e. The lowest BCUT2D eigenvalue weighted by Crippen LogP contribution is -2.25. The van der Waals surface area contributed by atoms with Crippen molar-refractivity contribution >= 4 is 28.1 Å². The van der Waals surface area contributed by atoms with E-state index in [9.17, 15) is 9.18 Å². The number of aromatic nitrogens is 3. The summed E-state index contributed by atoms with van der Waals surface area (Å²) < 4.78 is 21.7. The lowest BCUT2D eigenvalue weighted by Gasteiger charge is -2.20. The Morgan fingerprint density at radius 3 is 2.84 bits per heavy atom. The van der Waals surface area contributed by atoms with Gasteiger partial charge in [-0.15, -0.1) is 0 Å². The summed E-state index contributed by atoms with van der Waals surface area (Å²) in [7, 11) is 0. The number of benzene rings is 1. The molecule has 0 spiro atoms. The zero-order chi connectivity index (χ0) is 21.8. The summed E-state index contributed by atoms with van der Waals surface area (Å²) in [6, 6.07) is 14.0. The lowest BCUT2D eigenvalue weighted by molar-refractivity contribution is -0.120. The molecule has 5 atom stereocenters. The van der Waals surface area contributed by atoms with E-state index in [0.29, 0.717) is 34.7 Å². The van der Waals surface area contributed by atoms with Crippen LogP contribution in [0, 0.1) is 29.5 Å². The smallest absolute Gasteiger partial charge is 0.228 e. The zero-order valence-corrected chi connectivity index (χ0v) is 17.6. The zero-order valence-electron chi connectivity index (χ0n) is 17.6. The van der Waals surface area contributed by atoms with Crippen LogP contribution < -0.4 is 10.1 Å². The van der Waals surface area contributed by atoms with Gasteiger partial charge >= 0.3 is 0 Å². The molecule has 2 fully saturated rings. The van der Waals surface area contributed by atoms with Gasteiger partial charge in [0.05, 0.1) is 17.1 Å². The molecule has 7 heteroatoms. The standard InChI is InChI=1S/C25H23FN4O2/c1-14(25(31)28-23-11-16-4-2-3-9-30(16)29-23)24-18-12-17(13-19(18)24)32-22-7-8-27-21-6-5-15(26)10-20(21)22/h2-11,14,17-19,24H,12-13H2,1H3,(H,28,29,31)/t14?,17?,18-,19+,24?. The van der Waals surface area contributed by atoms with Crippen LogP contribution >= 0.6 is 0 Å². The highest BCUT2D eigenvalue weighted by atomic mass is 19.1. The third kappa shape index (κ3) is 3.28. The monoisotopic (exact) mass is 430 g/mol. The Morgan fingerprint density at radius 1 is 1.19 bits per heavy atom. The molecule has 2 aliphatic rings. The second-order valence-corrected chi connectivity index (χ2v) is 8.96. The molecule has 4 aromatic rings. The molecule has 3 unspecified atom stereocenters. The highest BCUT2D eigenvalue weighted by molar-refractivity contribution is 5.92. The predicted molar refractivity (Wildman–Crippen MR) is 119 cm³/mol. The molecule has 0 radical (unpaired) electrons. The van der Waals surface area contributed by atoms with Crippen molar-refractivity contribution in [3.05, 3.63) is 66.7 Å². The Labute approximate surface area is 184 Å². The van der Waals surface area contributed by atoms with Crippen LogP contribution in [-0.4, -0.2) is 26.6 Å². The van der Waals surface area contributed by atoms with Gasteiger partial charge in [-0.05, 0) is 67.0 Å². The largest absolute Gasteiger partial charge is 0.490 e. The van der Waals surface area contributed by atoms with Gasteiger partial charge in [-0.25, -0.2) is 8.91 Å². The third-order valence-corrected chi connectivity index (χ3v) is 7.04. The fraction of sp³-hybridized carbons (Fsp3) is 0.320. The van der Waals surface area contributed by atoms with Crippen LogP contribution in [0.3, 0.4) is 0 Å². The number of anilines is 1. The number of carbonyl (C=O) groups is 1. The first kappa shape index (κ1) is 19.2. The summed E-state index contributed by atoms with van der Waals surface area (Å²) in [5.41, 5.74) is 1.67. The fourth-order valence-electron chi connectivity index (χ4n) is 5.47. The fourth-order valence-corrected chi connectivity index (χ4v) is 5.47. The van der Waals surface area contributed by atoms with Crippen LogP contribution in [0.25, 0.3) is 16.4 Å². The van der Waals surface area contributed by atoms with Gasteiger partial charge in [0.15, 0.2) is 5.82 Å². The van der Waals surface area contributed by atoms with E-state index < -0.39 is 0 Å². The van der Waals surface area contributed by atoms with Crippen LogP contribution in [0.2, 0.25) is 0 Å². The Morgan fingerprint density at radius 2 is 2.03 bits per heavy atom. The van der Waals surface area contributed by atoms with Crippen molar-refractivity contribution < 1.29 is 13.9 Å². The Kier molecular flexibility index (Phi) is 4.38. The molecule has 3 aromatic heterocycles. The average molecular weight is 430 g/mol.